The zero-order valence-corrected chi connectivity index (χ0v) is 16.8. The number of carbonyl (C=O) groups excluding carboxylic acids is 1. The molecule has 0 aliphatic rings. The van der Waals surface area contributed by atoms with Crippen LogP contribution in [0.3, 0.4) is 0 Å². The highest BCUT2D eigenvalue weighted by Gasteiger charge is 2.24. The molecular weight excluding hydrogens is 356 g/mol. The van der Waals surface area contributed by atoms with Gasteiger partial charge in [-0.2, -0.15) is 0 Å². The van der Waals surface area contributed by atoms with Gasteiger partial charge in [-0.1, -0.05) is 37.6 Å². The molecule has 7 heteroatoms. The predicted molar refractivity (Wildman–Crippen MR) is 103 cm³/mol. The molecule has 1 aromatic carbocycles. The number of halogens is 1. The van der Waals surface area contributed by atoms with Gasteiger partial charge in [0.05, 0.1) is 0 Å². The average molecular weight is 385 g/mol. The van der Waals surface area contributed by atoms with E-state index in [4.69, 9.17) is 16.3 Å². The Labute approximate surface area is 160 Å². The lowest BCUT2D eigenvalue weighted by molar-refractivity contribution is -0.140. The van der Waals surface area contributed by atoms with E-state index < -0.39 is 23.7 Å². The molecule has 26 heavy (non-hydrogen) atoms. The highest BCUT2D eigenvalue weighted by molar-refractivity contribution is 6.30. The zero-order chi connectivity index (χ0) is 19.9. The molecule has 0 bridgehead atoms. The molecule has 0 fully saturated rings. The van der Waals surface area contributed by atoms with E-state index in [2.05, 4.69) is 10.6 Å². The van der Waals surface area contributed by atoms with Crippen molar-refractivity contribution in [1.82, 2.24) is 10.6 Å². The van der Waals surface area contributed by atoms with Gasteiger partial charge in [-0.05, 0) is 50.8 Å². The standard InChI is InChI=1S/C19H29ClN2O4/c1-12(2)16(17(23)24)21-11-15(22-18(25)26-19(3,4)5)10-13-6-8-14(20)9-7-13/h6-9,12,15-16,21H,10-11H2,1-5H3,(H,22,25)(H,23,24). The number of hydrogen-bond donors (Lipinski definition) is 3. The van der Waals surface area contributed by atoms with Crippen molar-refractivity contribution in [1.29, 1.82) is 0 Å². The minimum absolute atomic E-state index is 0.0785. The van der Waals surface area contributed by atoms with Crippen LogP contribution in [0.1, 0.15) is 40.2 Å². The van der Waals surface area contributed by atoms with Gasteiger partial charge in [-0.3, -0.25) is 4.79 Å². The van der Waals surface area contributed by atoms with Gasteiger partial charge in [0.25, 0.3) is 0 Å². The number of carboxylic acids is 1. The largest absolute Gasteiger partial charge is 0.480 e. The molecule has 3 N–H and O–H groups in total. The highest BCUT2D eigenvalue weighted by Crippen LogP contribution is 2.12. The smallest absolute Gasteiger partial charge is 0.407 e. The Morgan fingerprint density at radius 1 is 1.19 bits per heavy atom. The Morgan fingerprint density at radius 2 is 1.77 bits per heavy atom. The first-order chi connectivity index (χ1) is 12.0. The van der Waals surface area contributed by atoms with Crippen LogP contribution in [0.5, 0.6) is 0 Å². The summed E-state index contributed by atoms with van der Waals surface area (Å²) in [6, 6.07) is 6.30. The molecule has 0 aliphatic carbocycles. The monoisotopic (exact) mass is 384 g/mol. The number of carbonyl (C=O) groups is 2. The van der Waals surface area contributed by atoms with Crippen molar-refractivity contribution in [3.63, 3.8) is 0 Å². The van der Waals surface area contributed by atoms with Crippen LogP contribution in [0.4, 0.5) is 4.79 Å². The maximum atomic E-state index is 12.1. The van der Waals surface area contributed by atoms with Crippen molar-refractivity contribution in [3.8, 4) is 0 Å². The van der Waals surface area contributed by atoms with Crippen LogP contribution < -0.4 is 10.6 Å². The summed E-state index contributed by atoms with van der Waals surface area (Å²) in [5, 5.41) is 15.8. The summed E-state index contributed by atoms with van der Waals surface area (Å²) in [5.41, 5.74) is 0.373. The maximum absolute atomic E-state index is 12.1. The van der Waals surface area contributed by atoms with Gasteiger partial charge >= 0.3 is 12.1 Å². The number of benzene rings is 1. The molecule has 0 spiro atoms. The first kappa shape index (κ1) is 22.3. The van der Waals surface area contributed by atoms with Crippen molar-refractivity contribution in [2.75, 3.05) is 6.54 Å². The van der Waals surface area contributed by atoms with E-state index in [0.717, 1.165) is 5.56 Å². The third-order valence-electron chi connectivity index (χ3n) is 3.63. The summed E-state index contributed by atoms with van der Waals surface area (Å²) in [5.74, 6) is -0.993. The van der Waals surface area contributed by atoms with Crippen LogP contribution in [-0.2, 0) is 16.0 Å². The molecule has 1 amide bonds. The Hall–Kier alpha value is -1.79. The maximum Gasteiger partial charge on any atom is 0.407 e. The summed E-state index contributed by atoms with van der Waals surface area (Å²) < 4.78 is 5.31. The van der Waals surface area contributed by atoms with Gasteiger partial charge < -0.3 is 20.5 Å². The minimum atomic E-state index is -0.914. The van der Waals surface area contributed by atoms with Crippen LogP contribution in [0.15, 0.2) is 24.3 Å². The number of aliphatic carboxylic acids is 1. The fourth-order valence-corrected chi connectivity index (χ4v) is 2.56. The van der Waals surface area contributed by atoms with Crippen LogP contribution in [0.2, 0.25) is 5.02 Å². The number of amides is 1. The lowest BCUT2D eigenvalue weighted by Gasteiger charge is -2.26. The van der Waals surface area contributed by atoms with Gasteiger partial charge in [-0.25, -0.2) is 4.79 Å². The quantitative estimate of drug-likeness (QED) is 0.638. The first-order valence-corrected chi connectivity index (χ1v) is 9.06. The fourth-order valence-electron chi connectivity index (χ4n) is 2.43. The zero-order valence-electron chi connectivity index (χ0n) is 16.0. The third kappa shape index (κ3) is 8.54. The molecule has 1 rings (SSSR count). The molecule has 146 valence electrons. The fraction of sp³-hybridized carbons (Fsp3) is 0.579. The highest BCUT2D eigenvalue weighted by atomic mass is 35.5. The van der Waals surface area contributed by atoms with Crippen molar-refractivity contribution >= 4 is 23.7 Å². The van der Waals surface area contributed by atoms with Gasteiger partial charge in [-0.15, -0.1) is 0 Å². The Kier molecular flexibility index (Phi) is 8.37. The summed E-state index contributed by atoms with van der Waals surface area (Å²) in [4.78, 5) is 23.5. The summed E-state index contributed by atoms with van der Waals surface area (Å²) in [6.07, 6.45) is -0.0110. The van der Waals surface area contributed by atoms with E-state index in [1.807, 2.05) is 26.0 Å². The van der Waals surface area contributed by atoms with Crippen molar-refractivity contribution in [2.45, 2.75) is 58.7 Å². The minimum Gasteiger partial charge on any atom is -0.480 e. The second-order valence-corrected chi connectivity index (χ2v) is 8.08. The number of hydrogen-bond acceptors (Lipinski definition) is 4. The number of alkyl carbamates (subject to hydrolysis) is 1. The summed E-state index contributed by atoms with van der Waals surface area (Å²) in [7, 11) is 0. The molecule has 0 radical (unpaired) electrons. The van der Waals surface area contributed by atoms with Crippen molar-refractivity contribution in [3.05, 3.63) is 34.9 Å². The first-order valence-electron chi connectivity index (χ1n) is 8.68. The second kappa shape index (κ2) is 9.78. The van der Waals surface area contributed by atoms with E-state index in [0.29, 0.717) is 18.0 Å². The molecule has 0 saturated carbocycles. The average Bonchev–Trinajstić information content (AvgIpc) is 2.46. The van der Waals surface area contributed by atoms with E-state index in [-0.39, 0.29) is 12.0 Å². The van der Waals surface area contributed by atoms with E-state index >= 15 is 0 Å². The van der Waals surface area contributed by atoms with Crippen molar-refractivity contribution < 1.29 is 19.4 Å². The summed E-state index contributed by atoms with van der Waals surface area (Å²) >= 11 is 5.91. The van der Waals surface area contributed by atoms with Gasteiger partial charge in [0.2, 0.25) is 0 Å². The third-order valence-corrected chi connectivity index (χ3v) is 3.89. The number of carboxylic acid groups (broad SMARTS) is 1. The van der Waals surface area contributed by atoms with Crippen molar-refractivity contribution in [2.24, 2.45) is 5.92 Å². The SMILES string of the molecule is CC(C)C(NCC(Cc1ccc(Cl)cc1)NC(=O)OC(C)(C)C)C(=O)O. The number of rotatable bonds is 8. The predicted octanol–water partition coefficient (Wildman–Crippen LogP) is 3.47. The molecule has 0 aromatic heterocycles. The Bertz CT molecular complexity index is 597. The lowest BCUT2D eigenvalue weighted by atomic mass is 10.0. The number of ether oxygens (including phenoxy) is 1. The van der Waals surface area contributed by atoms with E-state index in [9.17, 15) is 14.7 Å². The van der Waals surface area contributed by atoms with Gasteiger partial charge in [0.1, 0.15) is 11.6 Å². The van der Waals surface area contributed by atoms with Crippen LogP contribution in [-0.4, -0.2) is 41.4 Å². The molecule has 0 heterocycles. The topological polar surface area (TPSA) is 87.7 Å². The molecule has 0 saturated heterocycles. The Morgan fingerprint density at radius 3 is 2.23 bits per heavy atom. The molecular formula is C19H29ClN2O4. The van der Waals surface area contributed by atoms with Crippen LogP contribution >= 0.6 is 11.6 Å². The molecule has 2 atom stereocenters. The normalized spacial score (nSPS) is 14.0. The molecule has 2 unspecified atom stereocenters. The lowest BCUT2D eigenvalue weighted by Crippen LogP contribution is -2.50. The van der Waals surface area contributed by atoms with Gasteiger partial charge in [0.15, 0.2) is 0 Å². The number of nitrogens with one attached hydrogen (secondary N) is 2. The molecule has 1 aromatic rings. The Balaban J connectivity index is 2.81. The summed E-state index contributed by atoms with van der Waals surface area (Å²) in [6.45, 7) is 9.34. The van der Waals surface area contributed by atoms with Crippen LogP contribution in [0.25, 0.3) is 0 Å². The van der Waals surface area contributed by atoms with Crippen LogP contribution in [0, 0.1) is 5.92 Å². The molecule has 6 nitrogen and oxygen atoms in total. The second-order valence-electron chi connectivity index (χ2n) is 7.64. The van der Waals surface area contributed by atoms with Gasteiger partial charge in [0, 0.05) is 17.6 Å². The molecule has 0 aliphatic heterocycles. The van der Waals surface area contributed by atoms with E-state index in [1.165, 1.54) is 0 Å². The van der Waals surface area contributed by atoms with E-state index in [1.54, 1.807) is 32.9 Å².